The molecule has 5 nitrogen and oxygen atoms in total. The molecule has 20 heavy (non-hydrogen) atoms. The maximum absolute atomic E-state index is 13.4. The molecule has 114 valence electrons. The number of carboxylic acid groups (broad SMARTS) is 1. The van der Waals surface area contributed by atoms with Gasteiger partial charge in [-0.1, -0.05) is 0 Å². The fourth-order valence-corrected chi connectivity index (χ4v) is 1.99. The van der Waals surface area contributed by atoms with E-state index < -0.39 is 42.7 Å². The van der Waals surface area contributed by atoms with Crippen LogP contribution in [-0.4, -0.2) is 28.0 Å². The number of nitrogens with zero attached hydrogens (tertiary/aromatic N) is 2. The number of carboxylic acids is 1. The molecule has 0 bridgehead atoms. The number of aliphatic carboxylic acids is 1. The van der Waals surface area contributed by atoms with E-state index in [4.69, 9.17) is 5.11 Å². The van der Waals surface area contributed by atoms with Crippen LogP contribution < -0.4 is 0 Å². The van der Waals surface area contributed by atoms with E-state index in [9.17, 15) is 26.9 Å². The molecule has 1 aliphatic rings. The highest BCUT2D eigenvalue weighted by atomic mass is 19.3. The molecule has 0 amide bonds. The molecule has 0 radical (unpaired) electrons. The summed E-state index contributed by atoms with van der Waals surface area (Å²) in [4.78, 5) is 13.2. The van der Waals surface area contributed by atoms with E-state index in [1.165, 1.54) is 0 Å². The van der Waals surface area contributed by atoms with Gasteiger partial charge < -0.3 is 5.11 Å². The van der Waals surface area contributed by atoms with E-state index in [0.717, 1.165) is 7.11 Å². The zero-order chi connectivity index (χ0) is 15.5. The van der Waals surface area contributed by atoms with Gasteiger partial charge in [-0.2, -0.15) is 18.8 Å². The van der Waals surface area contributed by atoms with Crippen LogP contribution in [0.5, 0.6) is 0 Å². The Labute approximate surface area is 109 Å². The summed E-state index contributed by atoms with van der Waals surface area (Å²) in [6.45, 7) is -0.843. The third kappa shape index (κ3) is 3.24. The molecule has 0 saturated heterocycles. The zero-order valence-electron chi connectivity index (χ0n) is 10.2. The van der Waals surface area contributed by atoms with Gasteiger partial charge in [-0.3, -0.25) is 9.48 Å². The van der Waals surface area contributed by atoms with Crippen LogP contribution in [-0.2, 0) is 28.6 Å². The molecule has 1 aromatic heterocycles. The van der Waals surface area contributed by atoms with Crippen molar-refractivity contribution in [1.29, 1.82) is 0 Å². The summed E-state index contributed by atoms with van der Waals surface area (Å²) in [6.07, 6.45) is -3.77. The lowest BCUT2D eigenvalue weighted by Crippen LogP contribution is -2.20. The van der Waals surface area contributed by atoms with E-state index in [2.05, 4.69) is 10.0 Å². The van der Waals surface area contributed by atoms with Gasteiger partial charge in [0, 0.05) is 12.0 Å². The Morgan fingerprint density at radius 1 is 1.55 bits per heavy atom. The molecule has 1 heterocycles. The first-order valence-electron chi connectivity index (χ1n) is 5.37. The highest BCUT2D eigenvalue weighted by Gasteiger charge is 2.46. The quantitative estimate of drug-likeness (QED) is 0.871. The van der Waals surface area contributed by atoms with Crippen molar-refractivity contribution in [3.05, 3.63) is 17.0 Å². The van der Waals surface area contributed by atoms with Crippen molar-refractivity contribution < 1.29 is 36.9 Å². The summed E-state index contributed by atoms with van der Waals surface area (Å²) in [5.41, 5.74) is -1.64. The molecule has 1 aromatic rings. The summed E-state index contributed by atoms with van der Waals surface area (Å²) in [5.74, 6) is -4.69. The van der Waals surface area contributed by atoms with Crippen molar-refractivity contribution in [3.63, 3.8) is 0 Å². The third-order valence-electron chi connectivity index (χ3n) is 2.61. The highest BCUT2D eigenvalue weighted by molar-refractivity contribution is 5.66. The van der Waals surface area contributed by atoms with E-state index in [-0.39, 0.29) is 12.0 Å². The predicted molar refractivity (Wildman–Crippen MR) is 55.2 cm³/mol. The molecule has 0 spiro atoms. The minimum absolute atomic E-state index is 0.207. The first-order valence-corrected chi connectivity index (χ1v) is 5.37. The lowest BCUT2D eigenvalue weighted by molar-refractivity contribution is -0.138. The molecule has 2 rings (SSSR count). The second-order valence-electron chi connectivity index (χ2n) is 3.92. The molecule has 0 unspecified atom stereocenters. The monoisotopic (exact) mass is 302 g/mol. The Morgan fingerprint density at radius 2 is 2.10 bits per heavy atom. The second kappa shape index (κ2) is 6.16. The Kier molecular flexibility index (Phi) is 5.03. The van der Waals surface area contributed by atoms with Gasteiger partial charge in [-0.15, -0.1) is 0 Å². The second-order valence-corrected chi connectivity index (χ2v) is 3.92. The van der Waals surface area contributed by atoms with Crippen molar-refractivity contribution in [1.82, 2.24) is 9.78 Å². The molecule has 0 fully saturated rings. The van der Waals surface area contributed by atoms with Gasteiger partial charge in [0.05, 0.1) is 7.11 Å². The number of carbonyl (C=O) groups is 1. The van der Waals surface area contributed by atoms with Crippen molar-refractivity contribution in [2.75, 3.05) is 7.11 Å². The topological polar surface area (TPSA) is 64.3 Å². The van der Waals surface area contributed by atoms with Gasteiger partial charge in [-0.05, 0) is 10.9 Å². The number of rotatable bonds is 3. The van der Waals surface area contributed by atoms with Crippen LogP contribution in [0.2, 0.25) is 0 Å². The summed E-state index contributed by atoms with van der Waals surface area (Å²) < 4.78 is 62.2. The van der Waals surface area contributed by atoms with Crippen LogP contribution in [0.25, 0.3) is 0 Å². The number of hydrogen-bond donors (Lipinski definition) is 1. The molecule has 0 atom stereocenters. The number of hydrogen-bond acceptors (Lipinski definition) is 3. The fraction of sp³-hybridized carbons (Fsp3) is 0.600. The summed E-state index contributed by atoms with van der Waals surface area (Å²) in [7, 11) is 0.958. The van der Waals surface area contributed by atoms with Gasteiger partial charge in [0.1, 0.15) is 17.9 Å². The maximum Gasteiger partial charge on any atom is 0.325 e. The number of fused-ring (bicyclic) bond motifs is 1. The Balaban J connectivity index is 0.000000612. The van der Waals surface area contributed by atoms with Crippen molar-refractivity contribution in [3.8, 4) is 0 Å². The standard InChI is InChI=1S/C9H8F4N2O2.CH3FO/c10-8(11)6-4-1-2-9(12,13)7(4)15(14-6)3-5(16)17;1-3-2/h8H,1-3H2,(H,16,17);1H3. The van der Waals surface area contributed by atoms with Crippen molar-refractivity contribution in [2.45, 2.75) is 31.7 Å². The van der Waals surface area contributed by atoms with E-state index in [1.54, 1.807) is 0 Å². The molecule has 1 N–H and O–H groups in total. The molecule has 1 aliphatic carbocycles. The molecule has 10 heteroatoms. The van der Waals surface area contributed by atoms with Crippen LogP contribution in [0.3, 0.4) is 0 Å². The van der Waals surface area contributed by atoms with Gasteiger partial charge in [-0.25, -0.2) is 8.78 Å². The van der Waals surface area contributed by atoms with Crippen molar-refractivity contribution >= 4 is 5.97 Å². The number of aromatic nitrogens is 2. The van der Waals surface area contributed by atoms with Gasteiger partial charge in [0.25, 0.3) is 12.3 Å². The Hall–Kier alpha value is -1.71. The highest BCUT2D eigenvalue weighted by Crippen LogP contribution is 2.44. The summed E-state index contributed by atoms with van der Waals surface area (Å²) in [6, 6.07) is 0. The number of halogens is 5. The summed E-state index contributed by atoms with van der Waals surface area (Å²) >= 11 is 0. The normalized spacial score (nSPS) is 15.8. The molecular formula is C10H11F5N2O3. The van der Waals surface area contributed by atoms with E-state index in [0.29, 0.717) is 4.68 Å². The van der Waals surface area contributed by atoms with Crippen LogP contribution in [0.4, 0.5) is 22.1 Å². The van der Waals surface area contributed by atoms with Crippen LogP contribution >= 0.6 is 0 Å². The Morgan fingerprint density at radius 3 is 2.55 bits per heavy atom. The van der Waals surface area contributed by atoms with Gasteiger partial charge >= 0.3 is 5.97 Å². The lowest BCUT2D eigenvalue weighted by Gasteiger charge is -2.11. The minimum atomic E-state index is -3.29. The first kappa shape index (κ1) is 16.3. The first-order chi connectivity index (χ1) is 9.24. The van der Waals surface area contributed by atoms with Crippen molar-refractivity contribution in [2.24, 2.45) is 0 Å². The third-order valence-corrected chi connectivity index (χ3v) is 2.61. The average molecular weight is 302 g/mol. The van der Waals surface area contributed by atoms with Crippen LogP contribution in [0, 0.1) is 0 Å². The molecule has 0 aromatic carbocycles. The minimum Gasteiger partial charge on any atom is -0.480 e. The zero-order valence-corrected chi connectivity index (χ0v) is 10.2. The smallest absolute Gasteiger partial charge is 0.325 e. The SMILES string of the molecule is COF.O=C(O)Cn1nc(C(F)F)c2c1C(F)(F)CC2. The summed E-state index contributed by atoms with van der Waals surface area (Å²) in [5, 5.41) is 11.8. The average Bonchev–Trinajstić information content (AvgIpc) is 2.79. The maximum atomic E-state index is 13.4. The van der Waals surface area contributed by atoms with Crippen LogP contribution in [0.1, 0.15) is 29.8 Å². The van der Waals surface area contributed by atoms with Gasteiger partial charge in [0.2, 0.25) is 0 Å². The molecule has 0 aliphatic heterocycles. The largest absolute Gasteiger partial charge is 0.480 e. The van der Waals surface area contributed by atoms with Crippen LogP contribution in [0.15, 0.2) is 0 Å². The van der Waals surface area contributed by atoms with Gasteiger partial charge in [0.15, 0.2) is 0 Å². The van der Waals surface area contributed by atoms with E-state index >= 15 is 0 Å². The van der Waals surface area contributed by atoms with E-state index in [1.807, 2.05) is 0 Å². The number of alkyl halides is 4. The predicted octanol–water partition coefficient (Wildman–Crippen LogP) is 2.46. The Bertz CT molecular complexity index is 489. The fourth-order valence-electron chi connectivity index (χ4n) is 1.99. The molecule has 0 saturated carbocycles. The lowest BCUT2D eigenvalue weighted by atomic mass is 10.2. The molecular weight excluding hydrogens is 291 g/mol.